The Bertz CT molecular complexity index is 467. The Labute approximate surface area is 113 Å². The van der Waals surface area contributed by atoms with Gasteiger partial charge in [-0.3, -0.25) is 0 Å². The average molecular weight is 262 g/mol. The number of rotatable bonds is 3. The highest BCUT2D eigenvalue weighted by molar-refractivity contribution is 7.84. The third-order valence-corrected chi connectivity index (χ3v) is 4.24. The first-order valence-corrected chi connectivity index (χ1v) is 6.49. The van der Waals surface area contributed by atoms with Gasteiger partial charge < -0.3 is 10.2 Å². The third kappa shape index (κ3) is 2.14. The number of aliphatic hydroxyl groups is 2. The van der Waals surface area contributed by atoms with E-state index in [9.17, 15) is 10.2 Å². The molecule has 0 aromatic heterocycles. The fraction of sp³-hybridized carbons (Fsp3) is 0.333. The number of hydrogen-bond acceptors (Lipinski definition) is 3. The highest BCUT2D eigenvalue weighted by atomic mass is 32.1. The first-order valence-electron chi connectivity index (χ1n) is 6.04. The standard InChI is InChI=1S/C15H18O2S/c1-11(12-6-3-2-4-7-12)15(10-16)9-5-8-13(18)14(15)17/h2-9,11,14,16-18H,10H2,1H3. The van der Waals surface area contributed by atoms with Gasteiger partial charge >= 0.3 is 0 Å². The second kappa shape index (κ2) is 5.31. The minimum Gasteiger partial charge on any atom is -0.395 e. The summed E-state index contributed by atoms with van der Waals surface area (Å²) in [6.07, 6.45) is 4.73. The lowest BCUT2D eigenvalue weighted by atomic mass is 9.68. The van der Waals surface area contributed by atoms with Crippen molar-refractivity contribution in [2.24, 2.45) is 5.41 Å². The van der Waals surface area contributed by atoms with Crippen LogP contribution in [0.4, 0.5) is 0 Å². The van der Waals surface area contributed by atoms with Crippen molar-refractivity contribution in [3.05, 3.63) is 59.0 Å². The molecule has 1 aliphatic carbocycles. The smallest absolute Gasteiger partial charge is 0.0964 e. The Morgan fingerprint density at radius 1 is 1.33 bits per heavy atom. The van der Waals surface area contributed by atoms with Crippen LogP contribution in [-0.2, 0) is 0 Å². The molecule has 0 saturated carbocycles. The number of thiol groups is 1. The van der Waals surface area contributed by atoms with Crippen molar-refractivity contribution in [3.63, 3.8) is 0 Å². The Morgan fingerprint density at radius 3 is 2.61 bits per heavy atom. The monoisotopic (exact) mass is 262 g/mol. The molecule has 2 N–H and O–H groups in total. The summed E-state index contributed by atoms with van der Waals surface area (Å²) >= 11 is 4.28. The first kappa shape index (κ1) is 13.4. The molecule has 3 heteroatoms. The summed E-state index contributed by atoms with van der Waals surface area (Å²) in [5.41, 5.74) is 0.394. The van der Waals surface area contributed by atoms with E-state index < -0.39 is 11.5 Å². The topological polar surface area (TPSA) is 40.5 Å². The summed E-state index contributed by atoms with van der Waals surface area (Å²) < 4.78 is 0. The molecule has 0 aliphatic heterocycles. The Balaban J connectivity index is 2.40. The molecule has 1 aromatic rings. The molecule has 2 nitrogen and oxygen atoms in total. The molecule has 3 unspecified atom stereocenters. The second-order valence-electron chi connectivity index (χ2n) is 4.76. The van der Waals surface area contributed by atoms with E-state index in [1.807, 2.05) is 49.4 Å². The van der Waals surface area contributed by atoms with Gasteiger partial charge in [-0.25, -0.2) is 0 Å². The minimum absolute atomic E-state index is 0.00537. The van der Waals surface area contributed by atoms with E-state index in [0.717, 1.165) is 5.56 Å². The molecule has 96 valence electrons. The highest BCUT2D eigenvalue weighted by Gasteiger charge is 2.43. The SMILES string of the molecule is CC(c1ccccc1)C1(CO)C=CC=C(S)C1O. The number of hydrogen-bond donors (Lipinski definition) is 3. The van der Waals surface area contributed by atoms with Crippen molar-refractivity contribution < 1.29 is 10.2 Å². The first-order chi connectivity index (χ1) is 8.62. The third-order valence-electron chi connectivity index (χ3n) is 3.84. The lowest BCUT2D eigenvalue weighted by molar-refractivity contribution is 0.0260. The Kier molecular flexibility index (Phi) is 3.95. The van der Waals surface area contributed by atoms with Crippen LogP contribution in [0, 0.1) is 5.41 Å². The predicted octanol–water partition coefficient (Wildman–Crippen LogP) is 2.51. The van der Waals surface area contributed by atoms with Crippen LogP contribution < -0.4 is 0 Å². The molecular weight excluding hydrogens is 244 g/mol. The molecule has 0 amide bonds. The predicted molar refractivity (Wildman–Crippen MR) is 76.6 cm³/mol. The van der Waals surface area contributed by atoms with Crippen LogP contribution >= 0.6 is 12.6 Å². The normalized spacial score (nSPS) is 28.9. The number of benzene rings is 1. The van der Waals surface area contributed by atoms with Gasteiger partial charge in [0.1, 0.15) is 0 Å². The van der Waals surface area contributed by atoms with Crippen molar-refractivity contribution >= 4 is 12.6 Å². The molecule has 0 heterocycles. The fourth-order valence-corrected chi connectivity index (χ4v) is 2.82. The van der Waals surface area contributed by atoms with Crippen molar-refractivity contribution in [2.45, 2.75) is 18.9 Å². The van der Waals surface area contributed by atoms with Crippen LogP contribution in [0.2, 0.25) is 0 Å². The largest absolute Gasteiger partial charge is 0.395 e. The molecule has 0 bridgehead atoms. The average Bonchev–Trinajstić information content (AvgIpc) is 2.42. The van der Waals surface area contributed by atoms with Crippen LogP contribution in [0.15, 0.2) is 53.5 Å². The molecule has 18 heavy (non-hydrogen) atoms. The van der Waals surface area contributed by atoms with Crippen LogP contribution in [0.25, 0.3) is 0 Å². The van der Waals surface area contributed by atoms with Crippen molar-refractivity contribution in [2.75, 3.05) is 6.61 Å². The Morgan fingerprint density at radius 2 is 2.00 bits per heavy atom. The molecule has 1 aliphatic rings. The molecule has 0 saturated heterocycles. The van der Waals surface area contributed by atoms with Gasteiger partial charge in [-0.1, -0.05) is 55.5 Å². The molecule has 0 radical (unpaired) electrons. The maximum Gasteiger partial charge on any atom is 0.0964 e. The van der Waals surface area contributed by atoms with E-state index in [4.69, 9.17) is 0 Å². The number of aliphatic hydroxyl groups excluding tert-OH is 2. The van der Waals surface area contributed by atoms with Gasteiger partial charge in [0.2, 0.25) is 0 Å². The zero-order chi connectivity index (χ0) is 13.2. The van der Waals surface area contributed by atoms with Crippen LogP contribution in [0.1, 0.15) is 18.4 Å². The van der Waals surface area contributed by atoms with Gasteiger partial charge in [0.15, 0.2) is 0 Å². The van der Waals surface area contributed by atoms with E-state index in [0.29, 0.717) is 4.91 Å². The molecule has 0 fully saturated rings. The molecule has 0 spiro atoms. The van der Waals surface area contributed by atoms with Crippen LogP contribution in [0.3, 0.4) is 0 Å². The maximum atomic E-state index is 10.4. The van der Waals surface area contributed by atoms with Crippen LogP contribution in [-0.4, -0.2) is 22.9 Å². The van der Waals surface area contributed by atoms with E-state index in [1.165, 1.54) is 0 Å². The van der Waals surface area contributed by atoms with Crippen LogP contribution in [0.5, 0.6) is 0 Å². The van der Waals surface area contributed by atoms with Gasteiger partial charge in [0, 0.05) is 10.3 Å². The molecular formula is C15H18O2S. The maximum absolute atomic E-state index is 10.4. The number of allylic oxidation sites excluding steroid dienone is 2. The van der Waals surface area contributed by atoms with Gasteiger partial charge in [0.05, 0.1) is 12.7 Å². The van der Waals surface area contributed by atoms with Crippen molar-refractivity contribution in [1.29, 1.82) is 0 Å². The van der Waals surface area contributed by atoms with Gasteiger partial charge in [-0.05, 0) is 11.5 Å². The quantitative estimate of drug-likeness (QED) is 0.733. The summed E-state index contributed by atoms with van der Waals surface area (Å²) in [4.78, 5) is 0.592. The second-order valence-corrected chi connectivity index (χ2v) is 5.27. The van der Waals surface area contributed by atoms with Crippen molar-refractivity contribution in [3.8, 4) is 0 Å². The Hall–Kier alpha value is -1.03. The zero-order valence-electron chi connectivity index (χ0n) is 10.3. The molecule has 2 rings (SSSR count). The summed E-state index contributed by atoms with van der Waals surface area (Å²) in [5, 5.41) is 20.2. The summed E-state index contributed by atoms with van der Waals surface area (Å²) in [7, 11) is 0. The van der Waals surface area contributed by atoms with E-state index >= 15 is 0 Å². The lowest BCUT2D eigenvalue weighted by Crippen LogP contribution is -2.42. The minimum atomic E-state index is -0.772. The van der Waals surface area contributed by atoms with E-state index in [1.54, 1.807) is 6.08 Å². The zero-order valence-corrected chi connectivity index (χ0v) is 11.2. The summed E-state index contributed by atoms with van der Waals surface area (Å²) in [6, 6.07) is 9.91. The summed E-state index contributed by atoms with van der Waals surface area (Å²) in [6.45, 7) is 1.91. The lowest BCUT2D eigenvalue weighted by Gasteiger charge is -2.41. The highest BCUT2D eigenvalue weighted by Crippen LogP contribution is 2.44. The van der Waals surface area contributed by atoms with Gasteiger partial charge in [-0.15, -0.1) is 12.6 Å². The van der Waals surface area contributed by atoms with Gasteiger partial charge in [-0.2, -0.15) is 0 Å². The molecule has 3 atom stereocenters. The fourth-order valence-electron chi connectivity index (χ4n) is 2.49. The molecule has 1 aromatic carbocycles. The summed E-state index contributed by atoms with van der Waals surface area (Å²) in [5.74, 6) is 0.00537. The van der Waals surface area contributed by atoms with Gasteiger partial charge in [0.25, 0.3) is 0 Å². The van der Waals surface area contributed by atoms with E-state index in [-0.39, 0.29) is 12.5 Å². The van der Waals surface area contributed by atoms with E-state index in [2.05, 4.69) is 12.6 Å². The van der Waals surface area contributed by atoms with Crippen molar-refractivity contribution in [1.82, 2.24) is 0 Å².